The fourth-order valence-corrected chi connectivity index (χ4v) is 3.71. The molecule has 5 heteroatoms. The number of thiophene rings is 1. The molecule has 0 saturated heterocycles. The number of aryl methyl sites for hydroxylation is 1. The molecule has 1 N–H and O–H groups in total. The van der Waals surface area contributed by atoms with Crippen LogP contribution in [0, 0.1) is 6.92 Å². The predicted molar refractivity (Wildman–Crippen MR) is 113 cm³/mol. The van der Waals surface area contributed by atoms with Crippen LogP contribution in [0.2, 0.25) is 0 Å². The molecule has 4 rings (SSSR count). The SMILES string of the molecule is Cc1oc(-c2cccs2)nc1CC(=O)Nc1ccccc1Cc1ccccc1. The summed E-state index contributed by atoms with van der Waals surface area (Å²) in [7, 11) is 0. The minimum Gasteiger partial charge on any atom is -0.440 e. The lowest BCUT2D eigenvalue weighted by atomic mass is 10.0. The van der Waals surface area contributed by atoms with E-state index in [1.54, 1.807) is 11.3 Å². The van der Waals surface area contributed by atoms with Crippen LogP contribution in [0.4, 0.5) is 5.69 Å². The first-order chi connectivity index (χ1) is 13.7. The molecule has 28 heavy (non-hydrogen) atoms. The molecule has 0 aliphatic rings. The van der Waals surface area contributed by atoms with Gasteiger partial charge in [-0.2, -0.15) is 0 Å². The quantitative estimate of drug-likeness (QED) is 0.476. The van der Waals surface area contributed by atoms with Crippen molar-refractivity contribution in [3.63, 3.8) is 0 Å². The van der Waals surface area contributed by atoms with Gasteiger partial charge in [-0.3, -0.25) is 4.79 Å². The summed E-state index contributed by atoms with van der Waals surface area (Å²) in [6.07, 6.45) is 0.948. The van der Waals surface area contributed by atoms with Crippen LogP contribution in [0.1, 0.15) is 22.6 Å². The Balaban J connectivity index is 1.47. The highest BCUT2D eigenvalue weighted by molar-refractivity contribution is 7.13. The van der Waals surface area contributed by atoms with Crippen molar-refractivity contribution in [3.05, 3.63) is 94.7 Å². The fourth-order valence-electron chi connectivity index (χ4n) is 3.06. The highest BCUT2D eigenvalue weighted by Crippen LogP contribution is 2.26. The normalized spacial score (nSPS) is 10.8. The van der Waals surface area contributed by atoms with Gasteiger partial charge in [0.2, 0.25) is 11.8 Å². The van der Waals surface area contributed by atoms with E-state index in [-0.39, 0.29) is 12.3 Å². The summed E-state index contributed by atoms with van der Waals surface area (Å²) in [6, 6.07) is 22.0. The van der Waals surface area contributed by atoms with Crippen LogP contribution in [0.25, 0.3) is 10.8 Å². The number of carbonyl (C=O) groups excluding carboxylic acids is 1. The molecule has 0 spiro atoms. The molecular weight excluding hydrogens is 368 g/mol. The number of benzene rings is 2. The number of amides is 1. The number of hydrogen-bond acceptors (Lipinski definition) is 4. The van der Waals surface area contributed by atoms with E-state index in [1.165, 1.54) is 5.56 Å². The van der Waals surface area contributed by atoms with Crippen LogP contribution < -0.4 is 5.32 Å². The maximum Gasteiger partial charge on any atom is 0.236 e. The lowest BCUT2D eigenvalue weighted by Crippen LogP contribution is -2.16. The van der Waals surface area contributed by atoms with Gasteiger partial charge < -0.3 is 9.73 Å². The average molecular weight is 388 g/mol. The monoisotopic (exact) mass is 388 g/mol. The molecule has 2 heterocycles. The number of nitrogens with one attached hydrogen (secondary N) is 1. The van der Waals surface area contributed by atoms with E-state index in [2.05, 4.69) is 22.4 Å². The second kappa shape index (κ2) is 8.23. The van der Waals surface area contributed by atoms with Crippen LogP contribution in [-0.2, 0) is 17.6 Å². The Kier molecular flexibility index (Phi) is 5.35. The van der Waals surface area contributed by atoms with E-state index in [0.717, 1.165) is 22.5 Å². The Morgan fingerprint density at radius 2 is 1.82 bits per heavy atom. The zero-order valence-corrected chi connectivity index (χ0v) is 16.3. The standard InChI is InChI=1S/C23H20N2O2S/c1-16-20(25-23(27-16)21-12-7-13-28-21)15-22(26)24-19-11-6-5-10-18(19)14-17-8-3-2-4-9-17/h2-13H,14-15H2,1H3,(H,24,26). The number of hydrogen-bond donors (Lipinski definition) is 1. The Morgan fingerprint density at radius 3 is 2.61 bits per heavy atom. The van der Waals surface area contributed by atoms with Gasteiger partial charge in [-0.1, -0.05) is 54.6 Å². The van der Waals surface area contributed by atoms with E-state index in [1.807, 2.05) is 66.9 Å². The number of para-hydroxylation sites is 1. The molecule has 0 aliphatic carbocycles. The summed E-state index contributed by atoms with van der Waals surface area (Å²) < 4.78 is 5.73. The van der Waals surface area contributed by atoms with Crippen molar-refractivity contribution in [1.82, 2.24) is 4.98 Å². The van der Waals surface area contributed by atoms with Crippen molar-refractivity contribution in [3.8, 4) is 10.8 Å². The summed E-state index contributed by atoms with van der Waals surface area (Å²) >= 11 is 1.57. The summed E-state index contributed by atoms with van der Waals surface area (Å²) in [5.74, 6) is 1.14. The number of nitrogens with zero attached hydrogens (tertiary/aromatic N) is 1. The fraction of sp³-hybridized carbons (Fsp3) is 0.130. The van der Waals surface area contributed by atoms with Crippen LogP contribution in [0.15, 0.2) is 76.5 Å². The number of anilines is 1. The zero-order valence-electron chi connectivity index (χ0n) is 15.5. The first kappa shape index (κ1) is 18.2. The van der Waals surface area contributed by atoms with Gasteiger partial charge in [-0.25, -0.2) is 4.98 Å². The molecule has 2 aromatic heterocycles. The van der Waals surface area contributed by atoms with Crippen molar-refractivity contribution in [2.45, 2.75) is 19.8 Å². The number of aromatic nitrogens is 1. The van der Waals surface area contributed by atoms with E-state index < -0.39 is 0 Å². The second-order valence-electron chi connectivity index (χ2n) is 6.54. The Labute approximate surface area is 167 Å². The van der Waals surface area contributed by atoms with Gasteiger partial charge >= 0.3 is 0 Å². The van der Waals surface area contributed by atoms with Crippen LogP contribution in [-0.4, -0.2) is 10.9 Å². The molecule has 0 saturated carbocycles. The Hall–Kier alpha value is -3.18. The third-order valence-corrected chi connectivity index (χ3v) is 5.34. The lowest BCUT2D eigenvalue weighted by molar-refractivity contribution is -0.115. The number of oxazole rings is 1. The summed E-state index contributed by atoms with van der Waals surface area (Å²) in [4.78, 5) is 18.1. The molecule has 4 nitrogen and oxygen atoms in total. The summed E-state index contributed by atoms with van der Waals surface area (Å²) in [6.45, 7) is 1.84. The Bertz CT molecular complexity index is 1070. The maximum absolute atomic E-state index is 12.6. The van der Waals surface area contributed by atoms with Gasteiger partial charge in [-0.15, -0.1) is 11.3 Å². The highest BCUT2D eigenvalue weighted by Gasteiger charge is 2.16. The summed E-state index contributed by atoms with van der Waals surface area (Å²) in [5, 5.41) is 5.01. The predicted octanol–water partition coefficient (Wildman–Crippen LogP) is 5.48. The first-order valence-electron chi connectivity index (χ1n) is 9.11. The third-order valence-electron chi connectivity index (χ3n) is 4.48. The molecule has 0 fully saturated rings. The molecule has 4 aromatic rings. The van der Waals surface area contributed by atoms with Crippen LogP contribution in [0.5, 0.6) is 0 Å². The molecule has 0 bridgehead atoms. The molecule has 2 aromatic carbocycles. The molecular formula is C23H20N2O2S. The van der Waals surface area contributed by atoms with Crippen molar-refractivity contribution in [2.24, 2.45) is 0 Å². The molecule has 140 valence electrons. The number of carbonyl (C=O) groups is 1. The average Bonchev–Trinajstić information content (AvgIpc) is 3.35. The molecule has 0 radical (unpaired) electrons. The van der Waals surface area contributed by atoms with Crippen LogP contribution in [0.3, 0.4) is 0 Å². The van der Waals surface area contributed by atoms with Gasteiger partial charge in [0, 0.05) is 5.69 Å². The zero-order chi connectivity index (χ0) is 19.3. The van der Waals surface area contributed by atoms with E-state index >= 15 is 0 Å². The summed E-state index contributed by atoms with van der Waals surface area (Å²) in [5.41, 5.74) is 3.78. The minimum absolute atomic E-state index is 0.102. The molecule has 0 aliphatic heterocycles. The van der Waals surface area contributed by atoms with Gasteiger partial charge in [-0.05, 0) is 42.0 Å². The van der Waals surface area contributed by atoms with Gasteiger partial charge in [0.1, 0.15) is 5.76 Å². The number of rotatable bonds is 6. The second-order valence-corrected chi connectivity index (χ2v) is 7.49. The third kappa shape index (κ3) is 4.21. The van der Waals surface area contributed by atoms with E-state index in [0.29, 0.717) is 17.3 Å². The van der Waals surface area contributed by atoms with Gasteiger partial charge in [0.25, 0.3) is 0 Å². The topological polar surface area (TPSA) is 55.1 Å². The van der Waals surface area contributed by atoms with Gasteiger partial charge in [0.15, 0.2) is 0 Å². The van der Waals surface area contributed by atoms with Crippen LogP contribution >= 0.6 is 11.3 Å². The molecule has 1 amide bonds. The van der Waals surface area contributed by atoms with E-state index in [4.69, 9.17) is 4.42 Å². The van der Waals surface area contributed by atoms with Gasteiger partial charge in [0.05, 0.1) is 17.0 Å². The van der Waals surface area contributed by atoms with Crippen molar-refractivity contribution in [1.29, 1.82) is 0 Å². The Morgan fingerprint density at radius 1 is 1.04 bits per heavy atom. The van der Waals surface area contributed by atoms with Crippen molar-refractivity contribution in [2.75, 3.05) is 5.32 Å². The molecule has 0 unspecified atom stereocenters. The maximum atomic E-state index is 12.6. The lowest BCUT2D eigenvalue weighted by Gasteiger charge is -2.11. The smallest absolute Gasteiger partial charge is 0.236 e. The highest BCUT2D eigenvalue weighted by atomic mass is 32.1. The van der Waals surface area contributed by atoms with Crippen molar-refractivity contribution < 1.29 is 9.21 Å². The molecule has 0 atom stereocenters. The van der Waals surface area contributed by atoms with E-state index in [9.17, 15) is 4.79 Å². The minimum atomic E-state index is -0.102. The first-order valence-corrected chi connectivity index (χ1v) is 9.99. The largest absolute Gasteiger partial charge is 0.440 e. The van der Waals surface area contributed by atoms with Crippen molar-refractivity contribution >= 4 is 22.9 Å².